The lowest BCUT2D eigenvalue weighted by Gasteiger charge is -2.09. The van der Waals surface area contributed by atoms with E-state index in [0.717, 1.165) is 24.3 Å². The largest absolute Gasteiger partial charge is 0.370 e. The van der Waals surface area contributed by atoms with Crippen LogP contribution in [0.2, 0.25) is 10.0 Å². The lowest BCUT2D eigenvalue weighted by Crippen LogP contribution is -2.09. The lowest BCUT2D eigenvalue weighted by atomic mass is 10.1. The predicted octanol–water partition coefficient (Wildman–Crippen LogP) is 5.05. The summed E-state index contributed by atoms with van der Waals surface area (Å²) in [7, 11) is 0. The predicted molar refractivity (Wildman–Crippen MR) is 104 cm³/mol. The number of hydrogen-bond donors (Lipinski definition) is 2. The Balaban J connectivity index is 1.53. The van der Waals surface area contributed by atoms with Gasteiger partial charge in [-0.05, 0) is 35.7 Å². The van der Waals surface area contributed by atoms with Crippen molar-refractivity contribution in [1.82, 2.24) is 9.97 Å². The summed E-state index contributed by atoms with van der Waals surface area (Å²) in [6, 6.07) is 17.5. The third kappa shape index (κ3) is 5.34. The minimum Gasteiger partial charge on any atom is -0.370 e. The van der Waals surface area contributed by atoms with E-state index >= 15 is 0 Å². The molecule has 25 heavy (non-hydrogen) atoms. The smallest absolute Gasteiger partial charge is 0.224 e. The van der Waals surface area contributed by atoms with Crippen LogP contribution >= 0.6 is 23.2 Å². The van der Waals surface area contributed by atoms with Crippen molar-refractivity contribution in [2.45, 2.75) is 13.0 Å². The lowest BCUT2D eigenvalue weighted by molar-refractivity contribution is 0.991. The maximum absolute atomic E-state index is 6.19. The number of halogens is 2. The number of anilines is 2. The minimum atomic E-state index is 0.596. The van der Waals surface area contributed by atoms with Gasteiger partial charge in [-0.1, -0.05) is 59.6 Å². The highest BCUT2D eigenvalue weighted by atomic mass is 35.5. The van der Waals surface area contributed by atoms with Crippen LogP contribution < -0.4 is 10.6 Å². The van der Waals surface area contributed by atoms with Gasteiger partial charge in [-0.15, -0.1) is 0 Å². The van der Waals surface area contributed by atoms with Gasteiger partial charge in [0.25, 0.3) is 0 Å². The molecule has 0 bridgehead atoms. The molecule has 4 nitrogen and oxygen atoms in total. The van der Waals surface area contributed by atoms with E-state index in [2.05, 4.69) is 32.7 Å². The summed E-state index contributed by atoms with van der Waals surface area (Å²) < 4.78 is 0. The summed E-state index contributed by atoms with van der Waals surface area (Å²) in [4.78, 5) is 8.71. The van der Waals surface area contributed by atoms with Crippen LogP contribution in [0, 0.1) is 0 Å². The average Bonchev–Trinajstić information content (AvgIpc) is 2.63. The van der Waals surface area contributed by atoms with Crippen LogP contribution in [0.15, 0.2) is 60.8 Å². The molecule has 0 saturated heterocycles. The van der Waals surface area contributed by atoms with Crippen molar-refractivity contribution in [3.05, 3.63) is 82.0 Å². The van der Waals surface area contributed by atoms with E-state index in [9.17, 15) is 0 Å². The first kappa shape index (κ1) is 17.5. The van der Waals surface area contributed by atoms with Gasteiger partial charge in [0.05, 0.1) is 0 Å². The van der Waals surface area contributed by atoms with Crippen LogP contribution in [0.3, 0.4) is 0 Å². The van der Waals surface area contributed by atoms with Crippen molar-refractivity contribution in [3.63, 3.8) is 0 Å². The minimum absolute atomic E-state index is 0.596. The van der Waals surface area contributed by atoms with Crippen molar-refractivity contribution in [2.75, 3.05) is 17.2 Å². The van der Waals surface area contributed by atoms with Gasteiger partial charge in [0.1, 0.15) is 5.82 Å². The first-order chi connectivity index (χ1) is 12.2. The monoisotopic (exact) mass is 372 g/mol. The Hall–Kier alpha value is -2.30. The van der Waals surface area contributed by atoms with Crippen molar-refractivity contribution in [3.8, 4) is 0 Å². The second-order valence-electron chi connectivity index (χ2n) is 5.52. The van der Waals surface area contributed by atoms with Gasteiger partial charge in [0.15, 0.2) is 0 Å². The first-order valence-electron chi connectivity index (χ1n) is 7.99. The Morgan fingerprint density at radius 2 is 1.76 bits per heavy atom. The van der Waals surface area contributed by atoms with Crippen molar-refractivity contribution in [2.24, 2.45) is 0 Å². The molecule has 3 rings (SSSR count). The molecule has 0 atom stereocenters. The maximum Gasteiger partial charge on any atom is 0.224 e. The summed E-state index contributed by atoms with van der Waals surface area (Å²) in [5.41, 5.74) is 2.23. The normalized spacial score (nSPS) is 10.5. The molecule has 0 saturated carbocycles. The van der Waals surface area contributed by atoms with E-state index in [1.54, 1.807) is 12.3 Å². The van der Waals surface area contributed by atoms with Crippen LogP contribution in [-0.4, -0.2) is 16.5 Å². The number of rotatable bonds is 7. The van der Waals surface area contributed by atoms with Crippen molar-refractivity contribution < 1.29 is 0 Å². The number of benzene rings is 2. The highest BCUT2D eigenvalue weighted by Crippen LogP contribution is 2.21. The van der Waals surface area contributed by atoms with E-state index in [0.29, 0.717) is 22.5 Å². The fourth-order valence-corrected chi connectivity index (χ4v) is 2.87. The SMILES string of the molecule is Clc1ccc(CCNc2ccnc(NCc3ccccc3)n2)c(Cl)c1. The molecule has 0 aliphatic carbocycles. The molecule has 2 N–H and O–H groups in total. The van der Waals surface area contributed by atoms with Gasteiger partial charge in [-0.3, -0.25) is 0 Å². The molecule has 1 aromatic heterocycles. The Morgan fingerprint density at radius 3 is 2.56 bits per heavy atom. The Bertz CT molecular complexity index is 825. The summed E-state index contributed by atoms with van der Waals surface area (Å²) in [5.74, 6) is 1.37. The van der Waals surface area contributed by atoms with E-state index in [1.807, 2.05) is 36.4 Å². The third-order valence-corrected chi connectivity index (χ3v) is 4.25. The Kier molecular flexibility index (Phi) is 6.09. The van der Waals surface area contributed by atoms with Crippen molar-refractivity contribution in [1.29, 1.82) is 0 Å². The molecule has 0 aliphatic rings. The first-order valence-corrected chi connectivity index (χ1v) is 8.75. The average molecular weight is 373 g/mol. The van der Waals surface area contributed by atoms with Crippen LogP contribution in [0.25, 0.3) is 0 Å². The van der Waals surface area contributed by atoms with E-state index in [4.69, 9.17) is 23.2 Å². The fourth-order valence-electron chi connectivity index (χ4n) is 2.37. The zero-order chi connectivity index (χ0) is 17.5. The standard InChI is InChI=1S/C19H18Cl2N4/c20-16-7-6-15(17(21)12-16)8-10-22-18-9-11-23-19(25-18)24-13-14-4-2-1-3-5-14/h1-7,9,11-12H,8,10,13H2,(H2,22,23,24,25). The van der Waals surface area contributed by atoms with Gasteiger partial charge in [-0.25, -0.2) is 4.98 Å². The molecule has 3 aromatic rings. The number of nitrogens with zero attached hydrogens (tertiary/aromatic N) is 2. The number of hydrogen-bond acceptors (Lipinski definition) is 4. The number of nitrogens with one attached hydrogen (secondary N) is 2. The van der Waals surface area contributed by atoms with Crippen molar-refractivity contribution >= 4 is 35.0 Å². The Morgan fingerprint density at radius 1 is 0.920 bits per heavy atom. The summed E-state index contributed by atoms with van der Waals surface area (Å²) in [5, 5.41) is 7.85. The fraction of sp³-hybridized carbons (Fsp3) is 0.158. The summed E-state index contributed by atoms with van der Waals surface area (Å²) in [6.07, 6.45) is 2.52. The molecule has 6 heteroatoms. The quantitative estimate of drug-likeness (QED) is 0.609. The second-order valence-corrected chi connectivity index (χ2v) is 6.36. The summed E-state index contributed by atoms with van der Waals surface area (Å²) in [6.45, 7) is 1.40. The van der Waals surface area contributed by atoms with Gasteiger partial charge in [-0.2, -0.15) is 4.98 Å². The molecule has 1 heterocycles. The molecule has 0 spiro atoms. The molecular formula is C19H18Cl2N4. The number of aromatic nitrogens is 2. The van der Waals surface area contributed by atoms with E-state index in [1.165, 1.54) is 5.56 Å². The third-order valence-electron chi connectivity index (χ3n) is 3.66. The molecular weight excluding hydrogens is 355 g/mol. The van der Waals surface area contributed by atoms with Gasteiger partial charge in [0, 0.05) is 29.3 Å². The van der Waals surface area contributed by atoms with Gasteiger partial charge in [0.2, 0.25) is 5.95 Å². The second kappa shape index (κ2) is 8.70. The molecule has 128 valence electrons. The zero-order valence-corrected chi connectivity index (χ0v) is 15.1. The zero-order valence-electron chi connectivity index (χ0n) is 13.5. The van der Waals surface area contributed by atoms with Crippen LogP contribution in [0.5, 0.6) is 0 Å². The highest BCUT2D eigenvalue weighted by Gasteiger charge is 2.03. The highest BCUT2D eigenvalue weighted by molar-refractivity contribution is 6.35. The topological polar surface area (TPSA) is 49.8 Å². The molecule has 2 aromatic carbocycles. The molecule has 0 amide bonds. The Labute approximate surface area is 157 Å². The van der Waals surface area contributed by atoms with E-state index in [-0.39, 0.29) is 0 Å². The molecule has 0 unspecified atom stereocenters. The molecule has 0 fully saturated rings. The molecule has 0 radical (unpaired) electrons. The van der Waals surface area contributed by atoms with E-state index < -0.39 is 0 Å². The van der Waals surface area contributed by atoms with Gasteiger partial charge >= 0.3 is 0 Å². The van der Waals surface area contributed by atoms with Crippen LogP contribution in [-0.2, 0) is 13.0 Å². The molecule has 0 aliphatic heterocycles. The maximum atomic E-state index is 6.19. The van der Waals surface area contributed by atoms with Crippen LogP contribution in [0.4, 0.5) is 11.8 Å². The van der Waals surface area contributed by atoms with Crippen LogP contribution in [0.1, 0.15) is 11.1 Å². The van der Waals surface area contributed by atoms with Gasteiger partial charge < -0.3 is 10.6 Å². The summed E-state index contributed by atoms with van der Waals surface area (Å²) >= 11 is 12.1.